The van der Waals surface area contributed by atoms with Crippen LogP contribution in [0.25, 0.3) is 0 Å². The van der Waals surface area contributed by atoms with E-state index in [9.17, 15) is 4.79 Å². The summed E-state index contributed by atoms with van der Waals surface area (Å²) in [5, 5.41) is 4.01. The highest BCUT2D eigenvalue weighted by Crippen LogP contribution is 2.15. The van der Waals surface area contributed by atoms with E-state index < -0.39 is 5.97 Å². The van der Waals surface area contributed by atoms with Crippen LogP contribution >= 0.6 is 0 Å². The molecule has 0 aliphatic rings. The lowest BCUT2D eigenvalue weighted by atomic mass is 10.1. The third-order valence-electron chi connectivity index (χ3n) is 2.31. The number of ether oxygens (including phenoxy) is 1. The highest BCUT2D eigenvalue weighted by Gasteiger charge is 2.06. The fraction of sp³-hybridized carbons (Fsp3) is 0.385. The Kier molecular flexibility index (Phi) is 5.20. The first-order valence-corrected chi connectivity index (χ1v) is 5.74. The van der Waals surface area contributed by atoms with Crippen molar-refractivity contribution in [2.45, 2.75) is 27.2 Å². The number of anilines is 1. The van der Waals surface area contributed by atoms with Gasteiger partial charge in [-0.05, 0) is 31.9 Å². The van der Waals surface area contributed by atoms with Gasteiger partial charge in [0.05, 0.1) is 12.3 Å². The van der Waals surface area contributed by atoms with Crippen LogP contribution in [0.5, 0.6) is 0 Å². The van der Waals surface area contributed by atoms with E-state index in [1.54, 1.807) is 13.8 Å². The Balaban J connectivity index is 2.71. The maximum atomic E-state index is 11.3. The second-order valence-corrected chi connectivity index (χ2v) is 3.54. The summed E-state index contributed by atoms with van der Waals surface area (Å²) >= 11 is 0. The Morgan fingerprint density at radius 2 is 2.06 bits per heavy atom. The molecule has 0 aromatic heterocycles. The molecule has 0 saturated heterocycles. The van der Waals surface area contributed by atoms with E-state index in [4.69, 9.17) is 4.74 Å². The highest BCUT2D eigenvalue weighted by molar-refractivity contribution is 6.35. The average Bonchev–Trinajstić information content (AvgIpc) is 2.36. The molecule has 0 bridgehead atoms. The quantitative estimate of drug-likeness (QED) is 0.484. The molecule has 0 heterocycles. The summed E-state index contributed by atoms with van der Waals surface area (Å²) in [5.74, 6) is -0.394. The van der Waals surface area contributed by atoms with Crippen LogP contribution in [0, 0.1) is 0 Å². The number of hydrazone groups is 1. The lowest BCUT2D eigenvalue weighted by Gasteiger charge is -2.07. The first kappa shape index (κ1) is 13.2. The molecule has 0 saturated carbocycles. The van der Waals surface area contributed by atoms with E-state index in [2.05, 4.69) is 17.5 Å². The molecule has 1 rings (SSSR count). The van der Waals surface area contributed by atoms with Gasteiger partial charge in [-0.25, -0.2) is 4.79 Å². The number of nitrogens with one attached hydrogen (secondary N) is 1. The summed E-state index contributed by atoms with van der Waals surface area (Å²) < 4.78 is 4.84. The molecule has 0 unspecified atom stereocenters. The van der Waals surface area contributed by atoms with E-state index in [0.717, 1.165) is 17.7 Å². The van der Waals surface area contributed by atoms with Crippen LogP contribution in [-0.2, 0) is 16.0 Å². The van der Waals surface area contributed by atoms with Gasteiger partial charge in [0.15, 0.2) is 0 Å². The number of hydrogen-bond donors (Lipinski definition) is 1. The molecule has 17 heavy (non-hydrogen) atoms. The summed E-state index contributed by atoms with van der Waals surface area (Å²) in [4.78, 5) is 11.3. The number of nitrogens with zero attached hydrogens (tertiary/aromatic N) is 1. The third kappa shape index (κ3) is 3.90. The summed E-state index contributed by atoms with van der Waals surface area (Å²) in [7, 11) is 0. The smallest absolute Gasteiger partial charge is 0.354 e. The van der Waals surface area contributed by atoms with Gasteiger partial charge in [0.2, 0.25) is 0 Å². The zero-order valence-electron chi connectivity index (χ0n) is 10.5. The Morgan fingerprint density at radius 1 is 1.35 bits per heavy atom. The maximum Gasteiger partial charge on any atom is 0.354 e. The molecule has 4 heteroatoms. The van der Waals surface area contributed by atoms with Crippen molar-refractivity contribution in [3.8, 4) is 0 Å². The maximum absolute atomic E-state index is 11.3. The predicted octanol–water partition coefficient (Wildman–Crippen LogP) is 2.60. The Bertz CT molecular complexity index is 414. The molecule has 0 aliphatic heterocycles. The zero-order valence-corrected chi connectivity index (χ0v) is 10.5. The summed E-state index contributed by atoms with van der Waals surface area (Å²) in [5.41, 5.74) is 5.28. The van der Waals surface area contributed by atoms with Crippen LogP contribution in [0.2, 0.25) is 0 Å². The van der Waals surface area contributed by atoms with Gasteiger partial charge in [0, 0.05) is 0 Å². The van der Waals surface area contributed by atoms with Crippen LogP contribution < -0.4 is 5.43 Å². The number of hydrogen-bond acceptors (Lipinski definition) is 4. The van der Waals surface area contributed by atoms with Gasteiger partial charge in [-0.3, -0.25) is 5.43 Å². The fourth-order valence-electron chi connectivity index (χ4n) is 1.36. The van der Waals surface area contributed by atoms with E-state index in [1.165, 1.54) is 0 Å². The number of para-hydroxylation sites is 1. The Labute approximate surface area is 102 Å². The van der Waals surface area contributed by atoms with Gasteiger partial charge < -0.3 is 4.74 Å². The van der Waals surface area contributed by atoms with Gasteiger partial charge >= 0.3 is 5.97 Å². The normalized spacial score (nSPS) is 11.1. The average molecular weight is 234 g/mol. The molecule has 4 nitrogen and oxygen atoms in total. The van der Waals surface area contributed by atoms with Gasteiger partial charge in [-0.15, -0.1) is 0 Å². The monoisotopic (exact) mass is 234 g/mol. The molecule has 0 atom stereocenters. The number of benzene rings is 1. The Hall–Kier alpha value is -1.84. The second kappa shape index (κ2) is 6.68. The molecule has 0 amide bonds. The summed E-state index contributed by atoms with van der Waals surface area (Å²) in [6, 6.07) is 7.86. The van der Waals surface area contributed by atoms with Gasteiger partial charge in [-0.2, -0.15) is 5.10 Å². The van der Waals surface area contributed by atoms with Crippen molar-refractivity contribution in [2.75, 3.05) is 12.0 Å². The third-order valence-corrected chi connectivity index (χ3v) is 2.31. The molecule has 1 aromatic rings. The van der Waals surface area contributed by atoms with Crippen LogP contribution in [-0.4, -0.2) is 18.3 Å². The van der Waals surface area contributed by atoms with Gasteiger partial charge in [0.1, 0.15) is 5.71 Å². The Morgan fingerprint density at radius 3 is 2.71 bits per heavy atom. The van der Waals surface area contributed by atoms with E-state index in [0.29, 0.717) is 12.3 Å². The molecule has 0 aliphatic carbocycles. The van der Waals surface area contributed by atoms with Crippen molar-refractivity contribution < 1.29 is 9.53 Å². The molecule has 1 aromatic carbocycles. The molecule has 0 spiro atoms. The van der Waals surface area contributed by atoms with Crippen LogP contribution in [0.3, 0.4) is 0 Å². The van der Waals surface area contributed by atoms with E-state index in [1.807, 2.05) is 24.3 Å². The van der Waals surface area contributed by atoms with Gasteiger partial charge in [-0.1, -0.05) is 25.1 Å². The van der Waals surface area contributed by atoms with Crippen molar-refractivity contribution >= 4 is 17.4 Å². The van der Waals surface area contributed by atoms with Crippen LogP contribution in [0.1, 0.15) is 26.3 Å². The number of carbonyl (C=O) groups is 1. The molecule has 92 valence electrons. The molecular weight excluding hydrogens is 216 g/mol. The first-order chi connectivity index (χ1) is 8.19. The SMILES string of the molecule is CCOC(=O)C(C)=NNc1ccccc1CC. The van der Waals surface area contributed by atoms with Crippen molar-refractivity contribution in [3.63, 3.8) is 0 Å². The topological polar surface area (TPSA) is 50.7 Å². The van der Waals surface area contributed by atoms with Crippen LogP contribution in [0.15, 0.2) is 29.4 Å². The van der Waals surface area contributed by atoms with Crippen molar-refractivity contribution in [3.05, 3.63) is 29.8 Å². The van der Waals surface area contributed by atoms with Crippen molar-refractivity contribution in [1.29, 1.82) is 0 Å². The standard InChI is InChI=1S/C13H18N2O2/c1-4-11-8-6-7-9-12(11)15-14-10(3)13(16)17-5-2/h6-9,15H,4-5H2,1-3H3. The van der Waals surface area contributed by atoms with Gasteiger partial charge in [0.25, 0.3) is 0 Å². The number of esters is 1. The second-order valence-electron chi connectivity index (χ2n) is 3.54. The van der Waals surface area contributed by atoms with Crippen LogP contribution in [0.4, 0.5) is 5.69 Å². The van der Waals surface area contributed by atoms with Crippen molar-refractivity contribution in [1.82, 2.24) is 0 Å². The highest BCUT2D eigenvalue weighted by atomic mass is 16.5. The zero-order chi connectivity index (χ0) is 12.7. The fourth-order valence-corrected chi connectivity index (χ4v) is 1.36. The molecule has 1 N–H and O–H groups in total. The molecule has 0 fully saturated rings. The lowest BCUT2D eigenvalue weighted by molar-refractivity contribution is -0.135. The predicted molar refractivity (Wildman–Crippen MR) is 69.2 cm³/mol. The first-order valence-electron chi connectivity index (χ1n) is 5.74. The minimum atomic E-state index is -0.394. The largest absolute Gasteiger partial charge is 0.461 e. The summed E-state index contributed by atoms with van der Waals surface area (Å²) in [6.07, 6.45) is 0.914. The van der Waals surface area contributed by atoms with E-state index in [-0.39, 0.29) is 0 Å². The molecule has 0 radical (unpaired) electrons. The number of aryl methyl sites for hydroxylation is 1. The van der Waals surface area contributed by atoms with E-state index >= 15 is 0 Å². The minimum absolute atomic E-state index is 0.317. The minimum Gasteiger partial charge on any atom is -0.461 e. The number of carbonyl (C=O) groups excluding carboxylic acids is 1. The summed E-state index contributed by atoms with van der Waals surface area (Å²) in [6.45, 7) is 5.82. The molecular formula is C13H18N2O2. The van der Waals surface area contributed by atoms with Crippen molar-refractivity contribution in [2.24, 2.45) is 5.10 Å². The number of rotatable bonds is 5. The lowest BCUT2D eigenvalue weighted by Crippen LogP contribution is -2.15.